The van der Waals surface area contributed by atoms with Crippen molar-refractivity contribution >= 4 is 5.69 Å². The van der Waals surface area contributed by atoms with Crippen molar-refractivity contribution in [3.63, 3.8) is 0 Å². The molecule has 0 aromatic heterocycles. The number of rotatable bonds is 2. The van der Waals surface area contributed by atoms with Gasteiger partial charge in [-0.1, -0.05) is 26.8 Å². The van der Waals surface area contributed by atoms with E-state index in [0.717, 1.165) is 18.9 Å². The Morgan fingerprint density at radius 2 is 1.90 bits per heavy atom. The summed E-state index contributed by atoms with van der Waals surface area (Å²) in [6, 6.07) is 5.73. The summed E-state index contributed by atoms with van der Waals surface area (Å²) < 4.78 is 38.1. The van der Waals surface area contributed by atoms with E-state index in [-0.39, 0.29) is 11.5 Å². The number of anilines is 1. The van der Waals surface area contributed by atoms with Gasteiger partial charge in [0.15, 0.2) is 0 Å². The fourth-order valence-corrected chi connectivity index (χ4v) is 3.48. The van der Waals surface area contributed by atoms with E-state index >= 15 is 0 Å². The lowest BCUT2D eigenvalue weighted by atomic mass is 9.70. The molecule has 2 unspecified atom stereocenters. The molecule has 0 saturated heterocycles. The van der Waals surface area contributed by atoms with Crippen LogP contribution in [0.4, 0.5) is 18.9 Å². The fraction of sp³-hybridized carbons (Fsp3) is 0.625. The van der Waals surface area contributed by atoms with Crippen molar-refractivity contribution in [2.24, 2.45) is 11.3 Å². The van der Waals surface area contributed by atoms with E-state index in [1.807, 2.05) is 0 Å². The van der Waals surface area contributed by atoms with Crippen molar-refractivity contribution in [3.05, 3.63) is 29.8 Å². The molecule has 0 spiro atoms. The number of alkyl halides is 3. The van der Waals surface area contributed by atoms with Crippen LogP contribution in [0.25, 0.3) is 0 Å². The summed E-state index contributed by atoms with van der Waals surface area (Å²) in [6.45, 7) is 6.66. The molecule has 1 N–H and O–H groups in total. The van der Waals surface area contributed by atoms with Crippen LogP contribution in [-0.4, -0.2) is 6.04 Å². The Kier molecular flexibility index (Phi) is 4.03. The second-order valence-corrected chi connectivity index (χ2v) is 6.83. The van der Waals surface area contributed by atoms with Gasteiger partial charge < -0.3 is 5.32 Å². The van der Waals surface area contributed by atoms with Gasteiger partial charge in [0.2, 0.25) is 0 Å². The predicted molar refractivity (Wildman–Crippen MR) is 75.7 cm³/mol. The van der Waals surface area contributed by atoms with Crippen molar-refractivity contribution in [3.8, 4) is 0 Å². The van der Waals surface area contributed by atoms with Gasteiger partial charge in [-0.25, -0.2) is 0 Å². The molecule has 1 aliphatic rings. The van der Waals surface area contributed by atoms with Gasteiger partial charge in [-0.05, 0) is 48.8 Å². The van der Waals surface area contributed by atoms with Gasteiger partial charge in [0, 0.05) is 11.7 Å². The number of hydrogen-bond acceptors (Lipinski definition) is 1. The maximum Gasteiger partial charge on any atom is 0.416 e. The summed E-state index contributed by atoms with van der Waals surface area (Å²) in [5, 5.41) is 3.28. The topological polar surface area (TPSA) is 12.0 Å². The van der Waals surface area contributed by atoms with Gasteiger partial charge >= 0.3 is 6.18 Å². The van der Waals surface area contributed by atoms with Crippen LogP contribution in [-0.2, 0) is 6.18 Å². The Morgan fingerprint density at radius 3 is 2.50 bits per heavy atom. The number of halogens is 3. The van der Waals surface area contributed by atoms with Crippen LogP contribution in [0, 0.1) is 11.3 Å². The molecule has 20 heavy (non-hydrogen) atoms. The summed E-state index contributed by atoms with van der Waals surface area (Å²) in [5.74, 6) is 0.599. The average Bonchev–Trinajstić information content (AvgIpc) is 2.25. The first-order valence-electron chi connectivity index (χ1n) is 7.09. The fourth-order valence-electron chi connectivity index (χ4n) is 3.48. The molecule has 1 nitrogen and oxygen atoms in total. The molecule has 112 valence electrons. The number of nitrogens with one attached hydrogen (secondary N) is 1. The highest BCUT2D eigenvalue weighted by Gasteiger charge is 2.33. The molecular weight excluding hydrogens is 263 g/mol. The first-order chi connectivity index (χ1) is 9.16. The van der Waals surface area contributed by atoms with Gasteiger partial charge in [0.1, 0.15) is 0 Å². The van der Waals surface area contributed by atoms with Crippen molar-refractivity contribution in [1.29, 1.82) is 0 Å². The first-order valence-corrected chi connectivity index (χ1v) is 7.09. The van der Waals surface area contributed by atoms with Crippen molar-refractivity contribution < 1.29 is 13.2 Å². The van der Waals surface area contributed by atoms with E-state index in [1.54, 1.807) is 6.07 Å². The smallest absolute Gasteiger partial charge is 0.382 e. The molecule has 1 aliphatic carbocycles. The molecule has 1 saturated carbocycles. The van der Waals surface area contributed by atoms with Crippen LogP contribution >= 0.6 is 0 Å². The van der Waals surface area contributed by atoms with Crippen LogP contribution < -0.4 is 5.32 Å². The Balaban J connectivity index is 2.10. The van der Waals surface area contributed by atoms with Gasteiger partial charge in [-0.15, -0.1) is 0 Å². The van der Waals surface area contributed by atoms with E-state index in [0.29, 0.717) is 11.6 Å². The Labute approximate surface area is 118 Å². The zero-order valence-electron chi connectivity index (χ0n) is 12.2. The van der Waals surface area contributed by atoms with E-state index in [9.17, 15) is 13.2 Å². The summed E-state index contributed by atoms with van der Waals surface area (Å²) in [5.41, 5.74) is 0.220. The van der Waals surface area contributed by atoms with Crippen molar-refractivity contribution in [1.82, 2.24) is 0 Å². The van der Waals surface area contributed by atoms with Gasteiger partial charge in [0.05, 0.1) is 5.56 Å². The lowest BCUT2D eigenvalue weighted by Gasteiger charge is -2.39. The van der Waals surface area contributed by atoms with Crippen LogP contribution in [0.15, 0.2) is 24.3 Å². The highest BCUT2D eigenvalue weighted by Crippen LogP contribution is 2.40. The Hall–Kier alpha value is -1.19. The molecule has 0 heterocycles. The Morgan fingerprint density at radius 1 is 1.20 bits per heavy atom. The highest BCUT2D eigenvalue weighted by atomic mass is 19.4. The lowest BCUT2D eigenvalue weighted by Crippen LogP contribution is -2.35. The van der Waals surface area contributed by atoms with Crippen LogP contribution in [0.1, 0.15) is 45.6 Å². The minimum Gasteiger partial charge on any atom is -0.382 e. The molecule has 2 rings (SSSR count). The number of hydrogen-bond donors (Lipinski definition) is 1. The zero-order valence-corrected chi connectivity index (χ0v) is 12.2. The zero-order chi connectivity index (χ0) is 15.0. The molecule has 1 aromatic carbocycles. The molecule has 0 aliphatic heterocycles. The van der Waals surface area contributed by atoms with Crippen molar-refractivity contribution in [2.45, 2.75) is 52.3 Å². The first kappa shape index (κ1) is 15.2. The second-order valence-electron chi connectivity index (χ2n) is 6.83. The standard InChI is InChI=1S/C16H22F3N/c1-11-7-14(10-15(2,3)9-11)20-13-6-4-5-12(8-13)16(17,18)19/h4-6,8,11,14,20H,7,9-10H2,1-3H3. The summed E-state index contributed by atoms with van der Waals surface area (Å²) in [7, 11) is 0. The molecule has 4 heteroatoms. The molecule has 0 radical (unpaired) electrons. The lowest BCUT2D eigenvalue weighted by molar-refractivity contribution is -0.137. The molecule has 1 fully saturated rings. The Bertz CT molecular complexity index is 465. The minimum atomic E-state index is -4.28. The quantitative estimate of drug-likeness (QED) is 0.774. The molecule has 2 atom stereocenters. The summed E-state index contributed by atoms with van der Waals surface area (Å²) >= 11 is 0. The maximum absolute atomic E-state index is 12.7. The largest absolute Gasteiger partial charge is 0.416 e. The normalized spacial score (nSPS) is 26.3. The average molecular weight is 285 g/mol. The van der Waals surface area contributed by atoms with Gasteiger partial charge in [0.25, 0.3) is 0 Å². The summed E-state index contributed by atoms with van der Waals surface area (Å²) in [6.07, 6.45) is -1.10. The highest BCUT2D eigenvalue weighted by molar-refractivity contribution is 5.47. The third-order valence-electron chi connectivity index (χ3n) is 3.95. The SMILES string of the molecule is CC1CC(Nc2cccc(C(F)(F)F)c2)CC(C)(C)C1. The maximum atomic E-state index is 12.7. The van der Waals surface area contributed by atoms with E-state index < -0.39 is 11.7 Å². The minimum absolute atomic E-state index is 0.247. The second kappa shape index (κ2) is 5.30. The predicted octanol–water partition coefficient (Wildman–Crippen LogP) is 5.33. The van der Waals surface area contributed by atoms with E-state index in [1.165, 1.54) is 18.6 Å². The van der Waals surface area contributed by atoms with Crippen LogP contribution in [0.3, 0.4) is 0 Å². The molecule has 0 bridgehead atoms. The number of benzene rings is 1. The third-order valence-corrected chi connectivity index (χ3v) is 3.95. The van der Waals surface area contributed by atoms with Crippen LogP contribution in [0.5, 0.6) is 0 Å². The van der Waals surface area contributed by atoms with Crippen LogP contribution in [0.2, 0.25) is 0 Å². The summed E-state index contributed by atoms with van der Waals surface area (Å²) in [4.78, 5) is 0. The third kappa shape index (κ3) is 3.90. The molecular formula is C16H22F3N. The van der Waals surface area contributed by atoms with Gasteiger partial charge in [-0.2, -0.15) is 13.2 Å². The van der Waals surface area contributed by atoms with Crippen molar-refractivity contribution in [2.75, 3.05) is 5.32 Å². The van der Waals surface area contributed by atoms with E-state index in [2.05, 4.69) is 26.1 Å². The molecule has 1 aromatic rings. The molecule has 0 amide bonds. The van der Waals surface area contributed by atoms with Gasteiger partial charge in [-0.3, -0.25) is 0 Å². The van der Waals surface area contributed by atoms with E-state index in [4.69, 9.17) is 0 Å². The monoisotopic (exact) mass is 285 g/mol.